The van der Waals surface area contributed by atoms with E-state index in [9.17, 15) is 9.59 Å². The zero-order chi connectivity index (χ0) is 17.0. The van der Waals surface area contributed by atoms with Crippen molar-refractivity contribution in [2.45, 2.75) is 27.3 Å². The van der Waals surface area contributed by atoms with E-state index in [-0.39, 0.29) is 11.8 Å². The summed E-state index contributed by atoms with van der Waals surface area (Å²) >= 11 is 6.21. The van der Waals surface area contributed by atoms with Gasteiger partial charge in [-0.25, -0.2) is 0 Å². The van der Waals surface area contributed by atoms with Gasteiger partial charge in [0.15, 0.2) is 0 Å². The van der Waals surface area contributed by atoms with Crippen molar-refractivity contribution >= 4 is 29.1 Å². The first-order valence-corrected chi connectivity index (χ1v) is 7.66. The van der Waals surface area contributed by atoms with E-state index in [0.717, 1.165) is 16.7 Å². The van der Waals surface area contributed by atoms with Crippen LogP contribution in [0.2, 0.25) is 5.02 Å². The smallest absolute Gasteiger partial charge is 0.255 e. The molecule has 0 saturated carbocycles. The SMILES string of the molecule is CC(=O)NCc1ccc(C(=O)Nc2c(C)cc(C)cc2Cl)cc1. The minimum Gasteiger partial charge on any atom is -0.352 e. The first-order valence-electron chi connectivity index (χ1n) is 7.28. The van der Waals surface area contributed by atoms with Crippen LogP contribution in [0.25, 0.3) is 0 Å². The summed E-state index contributed by atoms with van der Waals surface area (Å²) in [6, 6.07) is 10.9. The molecule has 0 aliphatic rings. The lowest BCUT2D eigenvalue weighted by atomic mass is 10.1. The quantitative estimate of drug-likeness (QED) is 0.894. The van der Waals surface area contributed by atoms with Gasteiger partial charge in [-0.15, -0.1) is 0 Å². The molecule has 2 N–H and O–H groups in total. The van der Waals surface area contributed by atoms with Crippen LogP contribution in [-0.4, -0.2) is 11.8 Å². The van der Waals surface area contributed by atoms with Gasteiger partial charge in [-0.3, -0.25) is 9.59 Å². The summed E-state index contributed by atoms with van der Waals surface area (Å²) in [5, 5.41) is 6.09. The number of hydrogen-bond acceptors (Lipinski definition) is 2. The van der Waals surface area contributed by atoms with Crippen LogP contribution in [0.3, 0.4) is 0 Å². The van der Waals surface area contributed by atoms with E-state index in [1.807, 2.05) is 38.1 Å². The summed E-state index contributed by atoms with van der Waals surface area (Å²) in [5.41, 5.74) is 4.07. The zero-order valence-corrected chi connectivity index (χ0v) is 14.1. The molecule has 0 fully saturated rings. The molecule has 0 spiro atoms. The maximum Gasteiger partial charge on any atom is 0.255 e. The van der Waals surface area contributed by atoms with E-state index in [1.165, 1.54) is 6.92 Å². The molecule has 23 heavy (non-hydrogen) atoms. The molecule has 0 aromatic heterocycles. The standard InChI is InChI=1S/C18H19ClN2O2/c1-11-8-12(2)17(16(19)9-11)21-18(23)15-6-4-14(5-7-15)10-20-13(3)22/h4-9H,10H2,1-3H3,(H,20,22)(H,21,23). The molecule has 2 amide bonds. The molecule has 2 aromatic carbocycles. The van der Waals surface area contributed by atoms with Crippen LogP contribution in [-0.2, 0) is 11.3 Å². The Kier molecular flexibility index (Phi) is 5.40. The number of rotatable bonds is 4. The molecule has 0 bridgehead atoms. The van der Waals surface area contributed by atoms with Gasteiger partial charge in [0.1, 0.15) is 0 Å². The van der Waals surface area contributed by atoms with Crippen LogP contribution >= 0.6 is 11.6 Å². The lowest BCUT2D eigenvalue weighted by Gasteiger charge is -2.12. The zero-order valence-electron chi connectivity index (χ0n) is 13.4. The summed E-state index contributed by atoms with van der Waals surface area (Å²) in [4.78, 5) is 23.2. The van der Waals surface area contributed by atoms with Crippen molar-refractivity contribution in [2.75, 3.05) is 5.32 Å². The number of carbonyl (C=O) groups excluding carboxylic acids is 2. The van der Waals surface area contributed by atoms with Crippen LogP contribution in [0.15, 0.2) is 36.4 Å². The molecule has 0 heterocycles. The van der Waals surface area contributed by atoms with Crippen LogP contribution in [0, 0.1) is 13.8 Å². The Bertz CT molecular complexity index is 716. The van der Waals surface area contributed by atoms with Gasteiger partial charge in [0, 0.05) is 19.0 Å². The van der Waals surface area contributed by atoms with Crippen molar-refractivity contribution in [1.29, 1.82) is 0 Å². The summed E-state index contributed by atoms with van der Waals surface area (Å²) in [7, 11) is 0. The van der Waals surface area contributed by atoms with Gasteiger partial charge in [0.25, 0.3) is 5.91 Å². The monoisotopic (exact) mass is 330 g/mol. The first-order chi connectivity index (χ1) is 10.9. The number of hydrogen-bond donors (Lipinski definition) is 2. The summed E-state index contributed by atoms with van der Waals surface area (Å²) in [6.07, 6.45) is 0. The highest BCUT2D eigenvalue weighted by atomic mass is 35.5. The van der Waals surface area contributed by atoms with Gasteiger partial charge in [-0.2, -0.15) is 0 Å². The highest BCUT2D eigenvalue weighted by molar-refractivity contribution is 6.34. The molecular weight excluding hydrogens is 312 g/mol. The third kappa shape index (κ3) is 4.57. The lowest BCUT2D eigenvalue weighted by molar-refractivity contribution is -0.119. The highest BCUT2D eigenvalue weighted by Crippen LogP contribution is 2.27. The molecule has 0 aliphatic carbocycles. The topological polar surface area (TPSA) is 58.2 Å². The van der Waals surface area contributed by atoms with Crippen molar-refractivity contribution in [3.8, 4) is 0 Å². The fourth-order valence-electron chi connectivity index (χ4n) is 2.26. The van der Waals surface area contributed by atoms with Crippen LogP contribution in [0.5, 0.6) is 0 Å². The van der Waals surface area contributed by atoms with Gasteiger partial charge < -0.3 is 10.6 Å². The molecule has 0 atom stereocenters. The number of benzene rings is 2. The van der Waals surface area contributed by atoms with E-state index >= 15 is 0 Å². The van der Waals surface area contributed by atoms with E-state index in [2.05, 4.69) is 10.6 Å². The second kappa shape index (κ2) is 7.29. The van der Waals surface area contributed by atoms with E-state index in [1.54, 1.807) is 12.1 Å². The average Bonchev–Trinajstić information content (AvgIpc) is 2.49. The number of carbonyl (C=O) groups is 2. The Morgan fingerprint density at radius 1 is 1.09 bits per heavy atom. The van der Waals surface area contributed by atoms with Crippen molar-refractivity contribution in [3.63, 3.8) is 0 Å². The minimum absolute atomic E-state index is 0.0868. The third-order valence-electron chi connectivity index (χ3n) is 3.43. The molecule has 4 nitrogen and oxygen atoms in total. The molecule has 0 radical (unpaired) electrons. The normalized spacial score (nSPS) is 10.3. The number of amides is 2. The predicted octanol–water partition coefficient (Wildman–Crippen LogP) is 3.85. The summed E-state index contributed by atoms with van der Waals surface area (Å²) < 4.78 is 0. The van der Waals surface area contributed by atoms with Crippen molar-refractivity contribution in [1.82, 2.24) is 5.32 Å². The fourth-order valence-corrected chi connectivity index (χ4v) is 2.63. The number of nitrogens with one attached hydrogen (secondary N) is 2. The number of aryl methyl sites for hydroxylation is 2. The van der Waals surface area contributed by atoms with Crippen molar-refractivity contribution in [3.05, 3.63) is 63.7 Å². The van der Waals surface area contributed by atoms with E-state index in [0.29, 0.717) is 22.8 Å². The first kappa shape index (κ1) is 17.0. The molecule has 0 aliphatic heterocycles. The Morgan fingerprint density at radius 3 is 2.30 bits per heavy atom. The molecule has 120 valence electrons. The molecule has 2 rings (SSSR count). The van der Waals surface area contributed by atoms with Crippen LogP contribution < -0.4 is 10.6 Å². The Hall–Kier alpha value is -2.33. The highest BCUT2D eigenvalue weighted by Gasteiger charge is 2.11. The van der Waals surface area contributed by atoms with Gasteiger partial charge in [0.05, 0.1) is 10.7 Å². The molecule has 5 heteroatoms. The maximum absolute atomic E-state index is 12.3. The largest absolute Gasteiger partial charge is 0.352 e. The van der Waals surface area contributed by atoms with E-state index < -0.39 is 0 Å². The number of halogens is 1. The Balaban J connectivity index is 2.11. The van der Waals surface area contributed by atoms with Gasteiger partial charge in [0.2, 0.25) is 5.91 Å². The van der Waals surface area contributed by atoms with E-state index in [4.69, 9.17) is 11.6 Å². The lowest BCUT2D eigenvalue weighted by Crippen LogP contribution is -2.19. The van der Waals surface area contributed by atoms with Gasteiger partial charge in [-0.1, -0.05) is 29.8 Å². The molecule has 2 aromatic rings. The van der Waals surface area contributed by atoms with Crippen molar-refractivity contribution < 1.29 is 9.59 Å². The number of anilines is 1. The Labute approximate surface area is 140 Å². The average molecular weight is 331 g/mol. The van der Waals surface area contributed by atoms with Crippen molar-refractivity contribution in [2.24, 2.45) is 0 Å². The maximum atomic E-state index is 12.3. The van der Waals surface area contributed by atoms with Gasteiger partial charge >= 0.3 is 0 Å². The Morgan fingerprint density at radius 2 is 1.74 bits per heavy atom. The minimum atomic E-state index is -0.218. The predicted molar refractivity (Wildman–Crippen MR) is 92.8 cm³/mol. The second-order valence-corrected chi connectivity index (χ2v) is 5.91. The summed E-state index contributed by atoms with van der Waals surface area (Å²) in [5.74, 6) is -0.304. The third-order valence-corrected chi connectivity index (χ3v) is 3.73. The van der Waals surface area contributed by atoms with Gasteiger partial charge in [-0.05, 0) is 48.7 Å². The summed E-state index contributed by atoms with van der Waals surface area (Å²) in [6.45, 7) is 5.78. The van der Waals surface area contributed by atoms with Crippen LogP contribution in [0.1, 0.15) is 34.0 Å². The fraction of sp³-hybridized carbons (Fsp3) is 0.222. The molecule has 0 unspecified atom stereocenters. The van der Waals surface area contributed by atoms with Crippen LogP contribution in [0.4, 0.5) is 5.69 Å². The molecular formula is C18H19ClN2O2. The second-order valence-electron chi connectivity index (χ2n) is 5.50. The molecule has 0 saturated heterocycles.